The summed E-state index contributed by atoms with van der Waals surface area (Å²) in [6.07, 6.45) is 5.14. The first-order valence-corrected chi connectivity index (χ1v) is 10.3. The quantitative estimate of drug-likeness (QED) is 0.617. The Kier molecular flexibility index (Phi) is 6.33. The van der Waals surface area contributed by atoms with Gasteiger partial charge in [0.1, 0.15) is 18.2 Å². The number of nitrogens with zero attached hydrogens (tertiary/aromatic N) is 1. The summed E-state index contributed by atoms with van der Waals surface area (Å²) in [4.78, 5) is 14.6. The van der Waals surface area contributed by atoms with Crippen LogP contribution in [-0.4, -0.2) is 37.0 Å². The first-order valence-electron chi connectivity index (χ1n) is 10.3. The molecule has 2 aliphatic rings. The maximum absolute atomic E-state index is 14.7. The normalized spacial score (nSPS) is 20.5. The third-order valence-corrected chi connectivity index (χ3v) is 5.68. The van der Waals surface area contributed by atoms with Gasteiger partial charge in [0.25, 0.3) is 0 Å². The fourth-order valence-electron chi connectivity index (χ4n) is 4.28. The van der Waals surface area contributed by atoms with E-state index in [2.05, 4.69) is 0 Å². The highest BCUT2D eigenvalue weighted by Crippen LogP contribution is 2.38. The average Bonchev–Trinajstić information content (AvgIpc) is 2.76. The van der Waals surface area contributed by atoms with Crippen molar-refractivity contribution >= 4 is 11.7 Å². The van der Waals surface area contributed by atoms with Gasteiger partial charge >= 0.3 is 6.09 Å². The maximum Gasteiger partial charge on any atom is 0.410 e. The monoisotopic (exact) mass is 411 g/mol. The molecule has 2 unspecified atom stereocenters. The summed E-state index contributed by atoms with van der Waals surface area (Å²) in [5.74, 6) is 0.105. The van der Waals surface area contributed by atoms with Crippen molar-refractivity contribution in [3.05, 3.63) is 71.6 Å². The average molecular weight is 411 g/mol. The van der Waals surface area contributed by atoms with Crippen molar-refractivity contribution in [2.24, 2.45) is 0 Å². The van der Waals surface area contributed by atoms with Gasteiger partial charge in [-0.05, 0) is 49.0 Å². The Morgan fingerprint density at radius 3 is 2.73 bits per heavy atom. The summed E-state index contributed by atoms with van der Waals surface area (Å²) < 4.78 is 30.5. The SMILES string of the molecule is COCOc1ccc(C2=CC3CCCC(C2)N3C(=O)OCc2ccccc2)c(F)c1. The molecule has 0 aliphatic carbocycles. The van der Waals surface area contributed by atoms with Crippen LogP contribution in [0.5, 0.6) is 5.75 Å². The van der Waals surface area contributed by atoms with E-state index >= 15 is 0 Å². The number of carbonyl (C=O) groups is 1. The summed E-state index contributed by atoms with van der Waals surface area (Å²) >= 11 is 0. The molecule has 2 atom stereocenters. The Morgan fingerprint density at radius 1 is 1.17 bits per heavy atom. The molecule has 30 heavy (non-hydrogen) atoms. The summed E-state index contributed by atoms with van der Waals surface area (Å²) in [7, 11) is 1.52. The minimum absolute atomic E-state index is 0.0239. The van der Waals surface area contributed by atoms with E-state index in [1.165, 1.54) is 13.2 Å². The molecule has 0 saturated carbocycles. The number of ether oxygens (including phenoxy) is 3. The Hall–Kier alpha value is -2.86. The summed E-state index contributed by atoms with van der Waals surface area (Å²) in [6, 6.07) is 14.5. The number of hydrogen-bond acceptors (Lipinski definition) is 4. The van der Waals surface area contributed by atoms with E-state index in [0.29, 0.717) is 17.7 Å². The summed E-state index contributed by atoms with van der Waals surface area (Å²) in [5.41, 5.74) is 2.46. The van der Waals surface area contributed by atoms with Crippen molar-refractivity contribution < 1.29 is 23.4 Å². The van der Waals surface area contributed by atoms with Crippen molar-refractivity contribution in [3.63, 3.8) is 0 Å². The van der Waals surface area contributed by atoms with Crippen LogP contribution in [0.25, 0.3) is 5.57 Å². The molecule has 4 rings (SSSR count). The summed E-state index contributed by atoms with van der Waals surface area (Å²) in [5, 5.41) is 0. The number of rotatable bonds is 6. The lowest BCUT2D eigenvalue weighted by Crippen LogP contribution is -2.51. The number of carbonyl (C=O) groups excluding carboxylic acids is 1. The van der Waals surface area contributed by atoms with Crippen molar-refractivity contribution in [1.29, 1.82) is 0 Å². The topological polar surface area (TPSA) is 48.0 Å². The first kappa shape index (κ1) is 20.4. The van der Waals surface area contributed by atoms with Crippen LogP contribution < -0.4 is 4.74 Å². The lowest BCUT2D eigenvalue weighted by molar-refractivity contribution is 0.0509. The second-order valence-electron chi connectivity index (χ2n) is 7.69. The van der Waals surface area contributed by atoms with Crippen molar-refractivity contribution in [2.45, 2.75) is 44.4 Å². The van der Waals surface area contributed by atoms with Gasteiger partial charge in [-0.2, -0.15) is 0 Å². The number of piperidine rings is 1. The van der Waals surface area contributed by atoms with Gasteiger partial charge in [-0.25, -0.2) is 9.18 Å². The molecule has 2 bridgehead atoms. The van der Waals surface area contributed by atoms with Gasteiger partial charge in [-0.3, -0.25) is 4.90 Å². The molecule has 2 aliphatic heterocycles. The van der Waals surface area contributed by atoms with Gasteiger partial charge in [-0.1, -0.05) is 36.4 Å². The third-order valence-electron chi connectivity index (χ3n) is 5.68. The van der Waals surface area contributed by atoms with E-state index in [0.717, 1.165) is 30.4 Å². The molecule has 6 heteroatoms. The predicted octanol–water partition coefficient (Wildman–Crippen LogP) is 5.16. The molecule has 2 aromatic carbocycles. The van der Waals surface area contributed by atoms with Gasteiger partial charge in [0.05, 0.1) is 6.04 Å². The Bertz CT molecular complexity index is 915. The molecule has 1 amide bonds. The molecule has 2 heterocycles. The number of halogens is 1. The highest BCUT2D eigenvalue weighted by molar-refractivity contribution is 5.75. The van der Waals surface area contributed by atoms with Crippen LogP contribution in [-0.2, 0) is 16.1 Å². The molecule has 0 aromatic heterocycles. The zero-order valence-corrected chi connectivity index (χ0v) is 17.1. The van der Waals surface area contributed by atoms with E-state index in [1.807, 2.05) is 41.3 Å². The molecule has 0 spiro atoms. The third kappa shape index (κ3) is 4.49. The first-order chi connectivity index (χ1) is 14.7. The number of methoxy groups -OCH3 is 1. The van der Waals surface area contributed by atoms with Crippen LogP contribution in [0, 0.1) is 5.82 Å². The Balaban J connectivity index is 1.48. The van der Waals surface area contributed by atoms with Gasteiger partial charge in [-0.15, -0.1) is 0 Å². The van der Waals surface area contributed by atoms with E-state index < -0.39 is 0 Å². The molecule has 5 nitrogen and oxygen atoms in total. The fourth-order valence-corrected chi connectivity index (χ4v) is 4.28. The van der Waals surface area contributed by atoms with Crippen molar-refractivity contribution in [3.8, 4) is 5.75 Å². The minimum Gasteiger partial charge on any atom is -0.467 e. The van der Waals surface area contributed by atoms with Crippen LogP contribution in [0.1, 0.15) is 36.8 Å². The fraction of sp³-hybridized carbons (Fsp3) is 0.375. The highest BCUT2D eigenvalue weighted by atomic mass is 19.1. The zero-order valence-electron chi connectivity index (χ0n) is 17.1. The molecule has 0 radical (unpaired) electrons. The van der Waals surface area contributed by atoms with Crippen LogP contribution in [0.2, 0.25) is 0 Å². The van der Waals surface area contributed by atoms with Crippen LogP contribution in [0.3, 0.4) is 0 Å². The van der Waals surface area contributed by atoms with Gasteiger partial charge in [0.2, 0.25) is 0 Å². The number of hydrogen-bond donors (Lipinski definition) is 0. The predicted molar refractivity (Wildman–Crippen MR) is 111 cm³/mol. The molecular formula is C24H26FNO4. The molecule has 1 fully saturated rings. The largest absolute Gasteiger partial charge is 0.467 e. The van der Waals surface area contributed by atoms with Crippen molar-refractivity contribution in [1.82, 2.24) is 4.90 Å². The molecule has 158 valence electrons. The van der Waals surface area contributed by atoms with E-state index in [9.17, 15) is 9.18 Å². The van der Waals surface area contributed by atoms with E-state index in [4.69, 9.17) is 14.2 Å². The van der Waals surface area contributed by atoms with E-state index in [-0.39, 0.29) is 37.4 Å². The van der Waals surface area contributed by atoms with Gasteiger partial charge in [0.15, 0.2) is 6.79 Å². The minimum atomic E-state index is -0.326. The van der Waals surface area contributed by atoms with Crippen molar-refractivity contribution in [2.75, 3.05) is 13.9 Å². The smallest absolute Gasteiger partial charge is 0.410 e. The van der Waals surface area contributed by atoms with Gasteiger partial charge < -0.3 is 14.2 Å². The zero-order chi connectivity index (χ0) is 20.9. The number of benzene rings is 2. The number of fused-ring (bicyclic) bond motifs is 2. The standard InChI is InChI=1S/C24H26FNO4/c1-28-16-30-21-10-11-22(23(25)14-21)18-12-19-8-5-9-20(13-18)26(19)24(27)29-15-17-6-3-2-4-7-17/h2-4,6-7,10-12,14,19-20H,5,8-9,13,15-16H2,1H3. The van der Waals surface area contributed by atoms with E-state index in [1.54, 1.807) is 12.1 Å². The maximum atomic E-state index is 14.7. The van der Waals surface area contributed by atoms with Crippen LogP contribution in [0.4, 0.5) is 9.18 Å². The highest BCUT2D eigenvalue weighted by Gasteiger charge is 2.38. The Labute approximate surface area is 176 Å². The molecule has 2 aromatic rings. The van der Waals surface area contributed by atoms with Crippen LogP contribution >= 0.6 is 0 Å². The summed E-state index contributed by atoms with van der Waals surface area (Å²) in [6.45, 7) is 0.329. The second-order valence-corrected chi connectivity index (χ2v) is 7.69. The lowest BCUT2D eigenvalue weighted by atomic mass is 9.83. The molecule has 0 N–H and O–H groups in total. The lowest BCUT2D eigenvalue weighted by Gasteiger charge is -2.44. The van der Waals surface area contributed by atoms with Crippen LogP contribution in [0.15, 0.2) is 54.6 Å². The Morgan fingerprint density at radius 2 is 2.00 bits per heavy atom. The van der Waals surface area contributed by atoms with Gasteiger partial charge in [0, 0.05) is 24.8 Å². The number of amides is 1. The molecule has 1 saturated heterocycles. The molecular weight excluding hydrogens is 385 g/mol. The second kappa shape index (κ2) is 9.30.